The lowest BCUT2D eigenvalue weighted by Crippen LogP contribution is -2.23. The summed E-state index contributed by atoms with van der Waals surface area (Å²) in [5.41, 5.74) is 0. The minimum Gasteiger partial charge on any atom is -0.478 e. The molecule has 0 aromatic carbocycles. The second kappa shape index (κ2) is 6.85. The van der Waals surface area contributed by atoms with E-state index in [-0.39, 0.29) is 5.91 Å². The third kappa shape index (κ3) is 4.82. The van der Waals surface area contributed by atoms with Gasteiger partial charge in [0.1, 0.15) is 0 Å². The van der Waals surface area contributed by atoms with Gasteiger partial charge in [0.25, 0.3) is 5.91 Å². The quantitative estimate of drug-likeness (QED) is 0.604. The van der Waals surface area contributed by atoms with E-state index in [0.717, 1.165) is 23.8 Å². The molecule has 0 bridgehead atoms. The monoisotopic (exact) mass is 253 g/mol. The van der Waals surface area contributed by atoms with Crippen molar-refractivity contribution in [3.8, 4) is 0 Å². The molecule has 0 radical (unpaired) electrons. The summed E-state index contributed by atoms with van der Waals surface area (Å²) in [6.45, 7) is 2.74. The summed E-state index contributed by atoms with van der Waals surface area (Å²) in [5, 5.41) is 11.3. The fraction of sp³-hybridized carbons (Fsp3) is 0.333. The molecule has 1 heterocycles. The van der Waals surface area contributed by atoms with E-state index in [4.69, 9.17) is 5.11 Å². The van der Waals surface area contributed by atoms with E-state index in [0.29, 0.717) is 11.4 Å². The maximum atomic E-state index is 11.6. The average molecular weight is 253 g/mol. The molecule has 0 atom stereocenters. The van der Waals surface area contributed by atoms with Crippen LogP contribution in [-0.4, -0.2) is 23.5 Å². The van der Waals surface area contributed by atoms with E-state index in [1.54, 1.807) is 12.1 Å². The van der Waals surface area contributed by atoms with Gasteiger partial charge in [-0.1, -0.05) is 13.3 Å². The van der Waals surface area contributed by atoms with E-state index in [2.05, 4.69) is 12.2 Å². The number of unbranched alkanes of at least 4 members (excludes halogenated alkanes) is 1. The van der Waals surface area contributed by atoms with Crippen LogP contribution < -0.4 is 5.32 Å². The molecule has 0 spiro atoms. The van der Waals surface area contributed by atoms with Gasteiger partial charge in [-0.15, -0.1) is 11.3 Å². The van der Waals surface area contributed by atoms with Crippen LogP contribution in [0.15, 0.2) is 18.2 Å². The van der Waals surface area contributed by atoms with Crippen molar-refractivity contribution in [1.82, 2.24) is 5.32 Å². The number of nitrogens with one attached hydrogen (secondary N) is 1. The minimum atomic E-state index is -0.993. The van der Waals surface area contributed by atoms with E-state index < -0.39 is 5.97 Å². The standard InChI is InChI=1S/C12H15NO3S/c1-2-3-8-13-12(16)10-6-4-9(17-10)5-7-11(14)15/h4-7H,2-3,8H2,1H3,(H,13,16)(H,14,15). The molecule has 0 aliphatic carbocycles. The van der Waals surface area contributed by atoms with Gasteiger partial charge in [-0.3, -0.25) is 4.79 Å². The molecule has 1 aromatic heterocycles. The normalized spacial score (nSPS) is 10.6. The van der Waals surface area contributed by atoms with Crippen LogP contribution in [0, 0.1) is 0 Å². The van der Waals surface area contributed by atoms with Crippen molar-refractivity contribution in [3.05, 3.63) is 28.0 Å². The van der Waals surface area contributed by atoms with Crippen LogP contribution in [0.2, 0.25) is 0 Å². The Morgan fingerprint density at radius 1 is 1.47 bits per heavy atom. The molecule has 2 N–H and O–H groups in total. The smallest absolute Gasteiger partial charge is 0.328 e. The van der Waals surface area contributed by atoms with Crippen molar-refractivity contribution >= 4 is 29.3 Å². The van der Waals surface area contributed by atoms with Crippen LogP contribution in [0.5, 0.6) is 0 Å². The Morgan fingerprint density at radius 2 is 2.24 bits per heavy atom. The highest BCUT2D eigenvalue weighted by atomic mass is 32.1. The summed E-state index contributed by atoms with van der Waals surface area (Å²) in [5.74, 6) is -1.09. The number of rotatable bonds is 6. The van der Waals surface area contributed by atoms with Crippen LogP contribution in [0.1, 0.15) is 34.3 Å². The van der Waals surface area contributed by atoms with E-state index in [1.165, 1.54) is 17.4 Å². The fourth-order valence-corrected chi connectivity index (χ4v) is 2.01. The topological polar surface area (TPSA) is 66.4 Å². The van der Waals surface area contributed by atoms with Gasteiger partial charge in [-0.2, -0.15) is 0 Å². The zero-order valence-electron chi connectivity index (χ0n) is 9.60. The number of hydrogen-bond donors (Lipinski definition) is 2. The van der Waals surface area contributed by atoms with Gasteiger partial charge in [-0.25, -0.2) is 4.79 Å². The molecule has 0 saturated heterocycles. The zero-order valence-corrected chi connectivity index (χ0v) is 10.4. The lowest BCUT2D eigenvalue weighted by Gasteiger charge is -2.00. The molecule has 5 heteroatoms. The minimum absolute atomic E-state index is 0.0987. The Kier molecular flexibility index (Phi) is 5.42. The number of aliphatic carboxylic acids is 1. The molecule has 92 valence electrons. The molecule has 1 amide bonds. The molecule has 1 rings (SSSR count). The Labute approximate surface area is 104 Å². The SMILES string of the molecule is CCCCNC(=O)c1ccc(C=CC(=O)O)s1. The number of carbonyl (C=O) groups is 2. The van der Waals surface area contributed by atoms with Crippen molar-refractivity contribution in [2.45, 2.75) is 19.8 Å². The maximum absolute atomic E-state index is 11.6. The average Bonchev–Trinajstić information content (AvgIpc) is 2.75. The highest BCUT2D eigenvalue weighted by Gasteiger charge is 2.07. The Balaban J connectivity index is 2.55. The van der Waals surface area contributed by atoms with Crippen LogP contribution in [-0.2, 0) is 4.79 Å². The number of thiophene rings is 1. The van der Waals surface area contributed by atoms with Crippen molar-refractivity contribution < 1.29 is 14.7 Å². The zero-order chi connectivity index (χ0) is 12.7. The van der Waals surface area contributed by atoms with Crippen LogP contribution in [0.25, 0.3) is 6.08 Å². The van der Waals surface area contributed by atoms with E-state index in [9.17, 15) is 9.59 Å². The summed E-state index contributed by atoms with van der Waals surface area (Å²) in [6, 6.07) is 3.44. The molecule has 0 aliphatic heterocycles. The van der Waals surface area contributed by atoms with Crippen LogP contribution in [0.3, 0.4) is 0 Å². The van der Waals surface area contributed by atoms with Crippen molar-refractivity contribution in [1.29, 1.82) is 0 Å². The first-order chi connectivity index (χ1) is 8.13. The summed E-state index contributed by atoms with van der Waals surface area (Å²) in [4.78, 5) is 23.3. The first-order valence-corrected chi connectivity index (χ1v) is 6.24. The summed E-state index contributed by atoms with van der Waals surface area (Å²) < 4.78 is 0. The van der Waals surface area contributed by atoms with Crippen molar-refractivity contribution in [2.24, 2.45) is 0 Å². The molecular weight excluding hydrogens is 238 g/mol. The van der Waals surface area contributed by atoms with Crippen LogP contribution >= 0.6 is 11.3 Å². The molecular formula is C12H15NO3S. The molecule has 0 unspecified atom stereocenters. The largest absolute Gasteiger partial charge is 0.478 e. The Morgan fingerprint density at radius 3 is 2.88 bits per heavy atom. The Bertz CT molecular complexity index is 423. The molecule has 0 fully saturated rings. The number of amides is 1. The third-order valence-electron chi connectivity index (χ3n) is 2.06. The molecule has 1 aromatic rings. The molecule has 0 saturated carbocycles. The van der Waals surface area contributed by atoms with Gasteiger partial charge in [-0.05, 0) is 24.6 Å². The summed E-state index contributed by atoms with van der Waals surface area (Å²) in [7, 11) is 0. The second-order valence-corrected chi connectivity index (χ2v) is 4.60. The van der Waals surface area contributed by atoms with Gasteiger partial charge in [0.2, 0.25) is 0 Å². The van der Waals surface area contributed by atoms with Gasteiger partial charge < -0.3 is 10.4 Å². The summed E-state index contributed by atoms with van der Waals surface area (Å²) in [6.07, 6.45) is 4.54. The maximum Gasteiger partial charge on any atom is 0.328 e. The Hall–Kier alpha value is -1.62. The van der Waals surface area contributed by atoms with E-state index >= 15 is 0 Å². The van der Waals surface area contributed by atoms with Gasteiger partial charge in [0.05, 0.1) is 4.88 Å². The van der Waals surface area contributed by atoms with Crippen LogP contribution in [0.4, 0.5) is 0 Å². The first-order valence-electron chi connectivity index (χ1n) is 5.42. The third-order valence-corrected chi connectivity index (χ3v) is 3.11. The van der Waals surface area contributed by atoms with Gasteiger partial charge >= 0.3 is 5.97 Å². The number of carboxylic acid groups (broad SMARTS) is 1. The van der Waals surface area contributed by atoms with Gasteiger partial charge in [0.15, 0.2) is 0 Å². The lowest BCUT2D eigenvalue weighted by atomic mass is 10.3. The molecule has 0 aliphatic rings. The highest BCUT2D eigenvalue weighted by molar-refractivity contribution is 7.14. The predicted octanol–water partition coefficient (Wildman–Crippen LogP) is 2.38. The first kappa shape index (κ1) is 13.4. The van der Waals surface area contributed by atoms with Gasteiger partial charge in [0, 0.05) is 17.5 Å². The predicted molar refractivity (Wildman–Crippen MR) is 68.2 cm³/mol. The second-order valence-electron chi connectivity index (χ2n) is 3.48. The number of hydrogen-bond acceptors (Lipinski definition) is 3. The summed E-state index contributed by atoms with van der Waals surface area (Å²) >= 11 is 1.28. The molecule has 17 heavy (non-hydrogen) atoms. The number of carboxylic acids is 1. The highest BCUT2D eigenvalue weighted by Crippen LogP contribution is 2.17. The lowest BCUT2D eigenvalue weighted by molar-refractivity contribution is -0.131. The number of carbonyl (C=O) groups excluding carboxylic acids is 1. The molecule has 4 nitrogen and oxygen atoms in total. The van der Waals surface area contributed by atoms with Crippen molar-refractivity contribution in [3.63, 3.8) is 0 Å². The van der Waals surface area contributed by atoms with Crippen molar-refractivity contribution in [2.75, 3.05) is 6.54 Å². The fourth-order valence-electron chi connectivity index (χ4n) is 1.18. The van der Waals surface area contributed by atoms with E-state index in [1.807, 2.05) is 0 Å².